The molecule has 0 saturated heterocycles. The van der Waals surface area contributed by atoms with Crippen molar-refractivity contribution >= 4 is 17.0 Å². The molecule has 2 N–H and O–H groups in total. The zero-order valence-electron chi connectivity index (χ0n) is 15.1. The predicted octanol–water partition coefficient (Wildman–Crippen LogP) is 3.03. The summed E-state index contributed by atoms with van der Waals surface area (Å²) >= 11 is 0. The molecule has 0 aliphatic carbocycles. The molecule has 0 spiro atoms. The van der Waals surface area contributed by atoms with Gasteiger partial charge < -0.3 is 33.8 Å². The first-order valence-electron chi connectivity index (χ1n) is 8.18. The van der Waals surface area contributed by atoms with Crippen molar-refractivity contribution in [2.75, 3.05) is 21.0 Å². The van der Waals surface area contributed by atoms with Gasteiger partial charge in [0, 0.05) is 17.7 Å². The van der Waals surface area contributed by atoms with Gasteiger partial charge in [-0.3, -0.25) is 0 Å². The lowest BCUT2D eigenvalue weighted by atomic mass is 10.1. The number of rotatable bonds is 6. The minimum Gasteiger partial charge on any atom is -0.493 e. The first kappa shape index (κ1) is 18.6. The van der Waals surface area contributed by atoms with Gasteiger partial charge in [-0.25, -0.2) is 9.78 Å². The standard InChI is InChI=1S/C18H14F2N2O7/c1-25-13-3-8(4-14(26-2)15(13)29-18(19,20)17(23)24)16-21-9-5-11-12(28-7-27-11)6-10(9)22-16/h3-6H,7H2,1-2H3,(H,21,22)(H,23,24). The van der Waals surface area contributed by atoms with Crippen LogP contribution in [0.2, 0.25) is 0 Å². The Morgan fingerprint density at radius 1 is 1.14 bits per heavy atom. The summed E-state index contributed by atoms with van der Waals surface area (Å²) in [5.74, 6) is -1.79. The van der Waals surface area contributed by atoms with Gasteiger partial charge in [-0.1, -0.05) is 0 Å². The Bertz CT molecular complexity index is 1050. The second-order valence-electron chi connectivity index (χ2n) is 5.94. The molecule has 0 unspecified atom stereocenters. The van der Waals surface area contributed by atoms with Crippen molar-refractivity contribution in [1.29, 1.82) is 0 Å². The molecule has 4 rings (SSSR count). The van der Waals surface area contributed by atoms with E-state index in [4.69, 9.17) is 24.1 Å². The maximum atomic E-state index is 13.6. The Morgan fingerprint density at radius 2 is 1.76 bits per heavy atom. The van der Waals surface area contributed by atoms with Crippen LogP contribution < -0.4 is 23.7 Å². The fourth-order valence-electron chi connectivity index (χ4n) is 2.83. The molecule has 0 saturated carbocycles. The third-order valence-corrected chi connectivity index (χ3v) is 4.19. The van der Waals surface area contributed by atoms with Crippen molar-refractivity contribution in [2.45, 2.75) is 6.11 Å². The van der Waals surface area contributed by atoms with Crippen LogP contribution in [0.1, 0.15) is 0 Å². The van der Waals surface area contributed by atoms with E-state index in [1.54, 1.807) is 12.1 Å². The lowest BCUT2D eigenvalue weighted by Crippen LogP contribution is -2.35. The Hall–Kier alpha value is -3.76. The number of aliphatic carboxylic acids is 1. The van der Waals surface area contributed by atoms with Crippen LogP contribution in [-0.2, 0) is 4.79 Å². The van der Waals surface area contributed by atoms with Crippen molar-refractivity contribution in [3.63, 3.8) is 0 Å². The van der Waals surface area contributed by atoms with Crippen LogP contribution in [0.4, 0.5) is 8.78 Å². The maximum absolute atomic E-state index is 13.6. The highest BCUT2D eigenvalue weighted by atomic mass is 19.3. The van der Waals surface area contributed by atoms with Gasteiger partial charge in [-0.05, 0) is 12.1 Å². The normalized spacial score (nSPS) is 12.8. The fourth-order valence-corrected chi connectivity index (χ4v) is 2.83. The Balaban J connectivity index is 1.79. The predicted molar refractivity (Wildman–Crippen MR) is 94.0 cm³/mol. The van der Waals surface area contributed by atoms with Gasteiger partial charge in [-0.15, -0.1) is 0 Å². The molecule has 0 atom stereocenters. The molecule has 3 aromatic rings. The molecule has 0 bridgehead atoms. The zero-order chi connectivity index (χ0) is 20.8. The van der Waals surface area contributed by atoms with Gasteiger partial charge in [-0.2, -0.15) is 8.78 Å². The molecule has 9 nitrogen and oxygen atoms in total. The van der Waals surface area contributed by atoms with Gasteiger partial charge in [0.15, 0.2) is 23.0 Å². The molecule has 0 fully saturated rings. The highest BCUT2D eigenvalue weighted by Gasteiger charge is 2.44. The first-order chi connectivity index (χ1) is 13.8. The van der Waals surface area contributed by atoms with Gasteiger partial charge >= 0.3 is 12.1 Å². The highest BCUT2D eigenvalue weighted by Crippen LogP contribution is 2.44. The number of benzene rings is 2. The number of alkyl halides is 2. The number of carboxylic acids is 1. The molecule has 0 amide bonds. The number of methoxy groups -OCH3 is 2. The van der Waals surface area contributed by atoms with Crippen LogP contribution in [-0.4, -0.2) is 48.2 Å². The average Bonchev–Trinajstić information content (AvgIpc) is 3.31. The number of fused-ring (bicyclic) bond motifs is 2. The summed E-state index contributed by atoms with van der Waals surface area (Å²) in [7, 11) is 2.45. The summed E-state index contributed by atoms with van der Waals surface area (Å²) in [6.45, 7) is 0.131. The van der Waals surface area contributed by atoms with E-state index in [9.17, 15) is 13.6 Å². The Kier molecular flexibility index (Phi) is 4.29. The molecule has 11 heteroatoms. The minimum atomic E-state index is -4.47. The highest BCUT2D eigenvalue weighted by molar-refractivity contribution is 5.84. The molecular formula is C18H14F2N2O7. The molecule has 2 heterocycles. The van der Waals surface area contributed by atoms with Crippen LogP contribution in [0.3, 0.4) is 0 Å². The van der Waals surface area contributed by atoms with Crippen molar-refractivity contribution in [2.24, 2.45) is 0 Å². The number of aromatic nitrogens is 2. The molecule has 152 valence electrons. The number of hydrogen-bond donors (Lipinski definition) is 2. The summed E-state index contributed by atoms with van der Waals surface area (Å²) in [6.07, 6.45) is -4.47. The number of ether oxygens (including phenoxy) is 5. The molecular weight excluding hydrogens is 394 g/mol. The number of aromatic amines is 1. The van der Waals surface area contributed by atoms with Crippen molar-refractivity contribution in [1.82, 2.24) is 9.97 Å². The summed E-state index contributed by atoms with van der Waals surface area (Å²) in [5.41, 5.74) is 1.70. The first-order valence-corrected chi connectivity index (χ1v) is 8.18. The molecule has 1 aromatic heterocycles. The van der Waals surface area contributed by atoms with E-state index in [1.807, 2.05) is 0 Å². The number of halogens is 2. The topological polar surface area (TPSA) is 112 Å². The monoisotopic (exact) mass is 408 g/mol. The van der Waals surface area contributed by atoms with Crippen LogP contribution >= 0.6 is 0 Å². The third kappa shape index (κ3) is 3.20. The fraction of sp³-hybridized carbons (Fsp3) is 0.222. The van der Waals surface area contributed by atoms with Crippen LogP contribution in [0.5, 0.6) is 28.7 Å². The van der Waals surface area contributed by atoms with Crippen molar-refractivity contribution in [3.8, 4) is 40.1 Å². The van der Waals surface area contributed by atoms with E-state index in [-0.39, 0.29) is 18.3 Å². The number of nitrogens with zero attached hydrogens (tertiary/aromatic N) is 1. The largest absolute Gasteiger partial charge is 0.502 e. The summed E-state index contributed by atoms with van der Waals surface area (Å²) in [4.78, 5) is 18.3. The Labute approximate surface area is 161 Å². The maximum Gasteiger partial charge on any atom is 0.502 e. The summed E-state index contributed by atoms with van der Waals surface area (Å²) < 4.78 is 52.4. The zero-order valence-corrected chi connectivity index (χ0v) is 15.1. The van der Waals surface area contributed by atoms with E-state index in [2.05, 4.69) is 14.7 Å². The van der Waals surface area contributed by atoms with E-state index < -0.39 is 17.8 Å². The SMILES string of the molecule is COc1cc(-c2nc3cc4c(cc3[nH]2)OCO4)cc(OC)c1OC(F)(F)C(=O)O. The quantitative estimate of drug-likeness (QED) is 0.640. The second kappa shape index (κ2) is 6.69. The van der Waals surface area contributed by atoms with Gasteiger partial charge in [0.25, 0.3) is 0 Å². The van der Waals surface area contributed by atoms with Gasteiger partial charge in [0.05, 0.1) is 25.3 Å². The number of nitrogens with one attached hydrogen (secondary N) is 1. The number of hydrogen-bond acceptors (Lipinski definition) is 7. The molecule has 1 aliphatic heterocycles. The van der Waals surface area contributed by atoms with E-state index >= 15 is 0 Å². The molecule has 1 aliphatic rings. The van der Waals surface area contributed by atoms with E-state index in [0.717, 1.165) is 0 Å². The van der Waals surface area contributed by atoms with Gasteiger partial charge in [0.1, 0.15) is 5.82 Å². The minimum absolute atomic E-state index is 0.131. The number of carbonyl (C=O) groups is 1. The number of imidazole rings is 1. The summed E-state index contributed by atoms with van der Waals surface area (Å²) in [6, 6.07) is 6.17. The van der Waals surface area contributed by atoms with E-state index in [1.165, 1.54) is 26.4 Å². The Morgan fingerprint density at radius 3 is 2.34 bits per heavy atom. The van der Waals surface area contributed by atoms with Crippen LogP contribution in [0, 0.1) is 0 Å². The second-order valence-corrected chi connectivity index (χ2v) is 5.94. The van der Waals surface area contributed by atoms with Crippen molar-refractivity contribution < 1.29 is 42.4 Å². The molecule has 0 radical (unpaired) electrons. The third-order valence-electron chi connectivity index (χ3n) is 4.19. The molecule has 2 aromatic carbocycles. The van der Waals surface area contributed by atoms with Crippen molar-refractivity contribution in [3.05, 3.63) is 24.3 Å². The number of carboxylic acid groups (broad SMARTS) is 1. The number of H-pyrrole nitrogens is 1. The average molecular weight is 408 g/mol. The summed E-state index contributed by atoms with van der Waals surface area (Å²) in [5, 5.41) is 8.62. The van der Waals surface area contributed by atoms with Crippen LogP contribution in [0.25, 0.3) is 22.4 Å². The van der Waals surface area contributed by atoms with Crippen LogP contribution in [0.15, 0.2) is 24.3 Å². The lowest BCUT2D eigenvalue weighted by molar-refractivity contribution is -0.211. The smallest absolute Gasteiger partial charge is 0.493 e. The molecule has 29 heavy (non-hydrogen) atoms. The van der Waals surface area contributed by atoms with Gasteiger partial charge in [0.2, 0.25) is 12.5 Å². The lowest BCUT2D eigenvalue weighted by Gasteiger charge is -2.18. The van der Waals surface area contributed by atoms with E-state index in [0.29, 0.717) is 33.9 Å².